The lowest BCUT2D eigenvalue weighted by molar-refractivity contribution is -0.129. The number of amides is 1. The Hall–Kier alpha value is -4.79. The molecule has 40 heavy (non-hydrogen) atoms. The highest BCUT2D eigenvalue weighted by Crippen LogP contribution is 2.42. The number of aliphatic hydroxyl groups excluding tert-OH is 1. The number of hydrogen-bond donors (Lipinski definition) is 1. The smallest absolute Gasteiger partial charge is 0.290 e. The van der Waals surface area contributed by atoms with Gasteiger partial charge in [0, 0.05) is 25.5 Å². The van der Waals surface area contributed by atoms with Gasteiger partial charge in [0.15, 0.2) is 23.0 Å². The quantitative estimate of drug-likeness (QED) is 0.238. The van der Waals surface area contributed by atoms with Crippen LogP contribution in [0.3, 0.4) is 0 Å². The van der Waals surface area contributed by atoms with Gasteiger partial charge in [0.1, 0.15) is 12.4 Å². The Morgan fingerprint density at radius 1 is 1.05 bits per heavy atom. The van der Waals surface area contributed by atoms with Crippen molar-refractivity contribution in [2.75, 3.05) is 13.2 Å². The summed E-state index contributed by atoms with van der Waals surface area (Å²) in [4.78, 5) is 32.5. The van der Waals surface area contributed by atoms with Crippen molar-refractivity contribution in [2.45, 2.75) is 39.5 Å². The van der Waals surface area contributed by atoms with Gasteiger partial charge in [-0.15, -0.1) is 0 Å². The fourth-order valence-corrected chi connectivity index (χ4v) is 4.81. The summed E-state index contributed by atoms with van der Waals surface area (Å²) in [5, 5.41) is 11.0. The van der Waals surface area contributed by atoms with Crippen LogP contribution in [-0.2, 0) is 17.9 Å². The second kappa shape index (κ2) is 11.9. The van der Waals surface area contributed by atoms with Gasteiger partial charge in [-0.3, -0.25) is 9.59 Å². The van der Waals surface area contributed by atoms with Crippen molar-refractivity contribution in [3.05, 3.63) is 113 Å². The highest BCUT2D eigenvalue weighted by Gasteiger charge is 2.44. The number of imidazole rings is 1. The molecule has 2 aromatic heterocycles. The third kappa shape index (κ3) is 5.63. The zero-order chi connectivity index (χ0) is 28.1. The third-order valence-corrected chi connectivity index (χ3v) is 6.71. The molecule has 0 aliphatic carbocycles. The van der Waals surface area contributed by atoms with Crippen LogP contribution >= 0.6 is 0 Å². The summed E-state index contributed by atoms with van der Waals surface area (Å²) in [6.07, 6.45) is 5.82. The molecule has 0 spiro atoms. The molecule has 1 aliphatic heterocycles. The van der Waals surface area contributed by atoms with Crippen LogP contribution in [0.4, 0.5) is 0 Å². The number of aromatic nitrogens is 2. The molecule has 1 unspecified atom stereocenters. The molecule has 9 heteroatoms. The number of rotatable bonds is 12. The van der Waals surface area contributed by atoms with Crippen LogP contribution in [0.5, 0.6) is 11.5 Å². The van der Waals surface area contributed by atoms with E-state index >= 15 is 0 Å². The summed E-state index contributed by atoms with van der Waals surface area (Å²) in [7, 11) is 0. The molecule has 3 heterocycles. The molecule has 9 nitrogen and oxygen atoms in total. The molecule has 0 saturated carbocycles. The number of ether oxygens (including phenoxy) is 2. The Kier molecular flexibility index (Phi) is 8.00. The van der Waals surface area contributed by atoms with Gasteiger partial charge >= 0.3 is 0 Å². The van der Waals surface area contributed by atoms with Crippen molar-refractivity contribution in [2.24, 2.45) is 0 Å². The number of hydrogen-bond acceptors (Lipinski definition) is 7. The van der Waals surface area contributed by atoms with Crippen molar-refractivity contribution in [1.82, 2.24) is 14.5 Å². The largest absolute Gasteiger partial charge is 0.503 e. The highest BCUT2D eigenvalue weighted by atomic mass is 16.5. The molecule has 1 aliphatic rings. The lowest BCUT2D eigenvalue weighted by Crippen LogP contribution is -2.32. The number of aliphatic hydroxyl groups is 1. The minimum absolute atomic E-state index is 0.0256. The Balaban J connectivity index is 1.48. The number of nitrogens with zero attached hydrogens (tertiary/aromatic N) is 3. The number of aryl methyl sites for hydroxylation is 2. The Morgan fingerprint density at radius 2 is 1.88 bits per heavy atom. The van der Waals surface area contributed by atoms with Gasteiger partial charge in [0.05, 0.1) is 24.5 Å². The summed E-state index contributed by atoms with van der Waals surface area (Å²) in [6.45, 7) is 5.26. The van der Waals surface area contributed by atoms with Gasteiger partial charge in [0.2, 0.25) is 5.78 Å². The van der Waals surface area contributed by atoms with E-state index in [-0.39, 0.29) is 11.3 Å². The molecule has 0 radical (unpaired) electrons. The SMILES string of the molecule is CCOc1cc(C2C(C(=O)c3ccc(C)o3)=C(O)C(=O)N2CCCn2ccnc2)ccc1OCc1ccccc1. The fourth-order valence-electron chi connectivity index (χ4n) is 4.81. The number of benzene rings is 2. The van der Waals surface area contributed by atoms with E-state index in [0.717, 1.165) is 5.56 Å². The maximum absolute atomic E-state index is 13.6. The summed E-state index contributed by atoms with van der Waals surface area (Å²) >= 11 is 0. The minimum atomic E-state index is -0.837. The third-order valence-electron chi connectivity index (χ3n) is 6.71. The van der Waals surface area contributed by atoms with Gasteiger partial charge < -0.3 is 28.5 Å². The minimum Gasteiger partial charge on any atom is -0.503 e. The number of furan rings is 1. The van der Waals surface area contributed by atoms with Crippen molar-refractivity contribution < 1.29 is 28.6 Å². The van der Waals surface area contributed by atoms with E-state index < -0.39 is 23.5 Å². The lowest BCUT2D eigenvalue weighted by atomic mass is 9.94. The average Bonchev–Trinajstić information content (AvgIpc) is 3.70. The zero-order valence-electron chi connectivity index (χ0n) is 22.4. The molecule has 1 N–H and O–H groups in total. The number of carbonyl (C=O) groups is 2. The topological polar surface area (TPSA) is 107 Å². The number of Topliss-reactive ketones (excluding diaryl/α,β-unsaturated/α-hetero) is 1. The van der Waals surface area contributed by atoms with Crippen molar-refractivity contribution >= 4 is 11.7 Å². The summed E-state index contributed by atoms with van der Waals surface area (Å²) < 4.78 is 19.4. The molecule has 4 aromatic rings. The predicted molar refractivity (Wildman–Crippen MR) is 147 cm³/mol. The zero-order valence-corrected chi connectivity index (χ0v) is 22.4. The van der Waals surface area contributed by atoms with E-state index in [1.54, 1.807) is 49.8 Å². The van der Waals surface area contributed by atoms with Crippen LogP contribution in [-0.4, -0.2) is 44.4 Å². The van der Waals surface area contributed by atoms with E-state index in [0.29, 0.717) is 55.5 Å². The summed E-state index contributed by atoms with van der Waals surface area (Å²) in [5.74, 6) is -0.0888. The van der Waals surface area contributed by atoms with Crippen LogP contribution in [0.25, 0.3) is 0 Å². The first-order valence-electron chi connectivity index (χ1n) is 13.2. The van der Waals surface area contributed by atoms with Gasteiger partial charge in [-0.1, -0.05) is 36.4 Å². The molecule has 1 amide bonds. The van der Waals surface area contributed by atoms with Gasteiger partial charge in [0.25, 0.3) is 5.91 Å². The van der Waals surface area contributed by atoms with Crippen LogP contribution in [0.1, 0.15) is 46.8 Å². The molecule has 5 rings (SSSR count). The van der Waals surface area contributed by atoms with E-state index in [9.17, 15) is 14.7 Å². The molecule has 0 bridgehead atoms. The molecular weight excluding hydrogens is 510 g/mol. The van der Waals surface area contributed by atoms with E-state index in [1.165, 1.54) is 4.90 Å². The molecule has 1 atom stereocenters. The first kappa shape index (κ1) is 26.8. The summed E-state index contributed by atoms with van der Waals surface area (Å²) in [6, 6.07) is 17.5. The average molecular weight is 542 g/mol. The van der Waals surface area contributed by atoms with Crippen molar-refractivity contribution in [3.63, 3.8) is 0 Å². The summed E-state index contributed by atoms with van der Waals surface area (Å²) in [5.41, 5.74) is 1.60. The maximum Gasteiger partial charge on any atom is 0.290 e. The second-order valence-electron chi connectivity index (χ2n) is 9.47. The van der Waals surface area contributed by atoms with Crippen LogP contribution in [0.2, 0.25) is 0 Å². The molecule has 206 valence electrons. The fraction of sp³-hybridized carbons (Fsp3) is 0.258. The number of ketones is 1. The van der Waals surface area contributed by atoms with Gasteiger partial charge in [-0.25, -0.2) is 4.98 Å². The highest BCUT2D eigenvalue weighted by molar-refractivity contribution is 6.15. The Morgan fingerprint density at radius 3 is 2.58 bits per heavy atom. The first-order valence-corrected chi connectivity index (χ1v) is 13.2. The lowest BCUT2D eigenvalue weighted by Gasteiger charge is -2.27. The van der Waals surface area contributed by atoms with Crippen LogP contribution in [0, 0.1) is 6.92 Å². The van der Waals surface area contributed by atoms with Crippen LogP contribution < -0.4 is 9.47 Å². The maximum atomic E-state index is 13.6. The van der Waals surface area contributed by atoms with E-state index in [1.807, 2.05) is 48.0 Å². The monoisotopic (exact) mass is 541 g/mol. The van der Waals surface area contributed by atoms with Gasteiger partial charge in [-0.2, -0.15) is 0 Å². The van der Waals surface area contributed by atoms with E-state index in [2.05, 4.69) is 4.98 Å². The predicted octanol–water partition coefficient (Wildman–Crippen LogP) is 5.43. The van der Waals surface area contributed by atoms with Crippen molar-refractivity contribution in [1.29, 1.82) is 0 Å². The molecule has 2 aromatic carbocycles. The first-order chi connectivity index (χ1) is 19.5. The Bertz CT molecular complexity index is 1510. The number of carbonyl (C=O) groups excluding carboxylic acids is 2. The van der Waals surface area contributed by atoms with Gasteiger partial charge in [-0.05, 0) is 55.7 Å². The Labute approximate surface area is 232 Å². The standard InChI is InChI=1S/C31H31N3O6/c1-3-38-26-18-23(11-13-24(26)39-19-22-8-5-4-6-9-22)28-27(29(35)25-12-10-21(2)40-25)30(36)31(37)34(28)16-7-15-33-17-14-32-20-33/h4-6,8-14,17-18,20,28,36H,3,7,15-16,19H2,1-2H3. The van der Waals surface area contributed by atoms with Crippen LogP contribution in [0.15, 0.2) is 95.1 Å². The molecule has 0 saturated heterocycles. The normalized spacial score (nSPS) is 15.1. The van der Waals surface area contributed by atoms with Crippen molar-refractivity contribution in [3.8, 4) is 11.5 Å². The van der Waals surface area contributed by atoms with E-state index in [4.69, 9.17) is 13.9 Å². The molecule has 0 fully saturated rings. The second-order valence-corrected chi connectivity index (χ2v) is 9.47. The molecular formula is C31H31N3O6.